The van der Waals surface area contributed by atoms with E-state index in [4.69, 9.17) is 5.26 Å². The Balaban J connectivity index is 1.80. The van der Waals surface area contributed by atoms with E-state index in [1.54, 1.807) is 24.3 Å². The van der Waals surface area contributed by atoms with E-state index in [9.17, 15) is 18.0 Å². The fourth-order valence-electron chi connectivity index (χ4n) is 2.39. The van der Waals surface area contributed by atoms with Crippen LogP contribution in [0.25, 0.3) is 11.4 Å². The molecule has 0 saturated carbocycles. The number of nitriles is 1. The van der Waals surface area contributed by atoms with Crippen LogP contribution in [0.1, 0.15) is 5.56 Å². The maximum absolute atomic E-state index is 13.6. The van der Waals surface area contributed by atoms with E-state index >= 15 is 0 Å². The van der Waals surface area contributed by atoms with Gasteiger partial charge in [-0.2, -0.15) is 5.26 Å². The van der Waals surface area contributed by atoms with Crippen molar-refractivity contribution < 1.29 is 18.0 Å². The Bertz CT molecular complexity index is 1020. The number of benzene rings is 2. The van der Waals surface area contributed by atoms with Gasteiger partial charge in [0.25, 0.3) is 0 Å². The topological polar surface area (TPSA) is 70.7 Å². The summed E-state index contributed by atoms with van der Waals surface area (Å²) in [6.45, 7) is -0.232. The third-order valence-corrected chi connectivity index (χ3v) is 3.59. The summed E-state index contributed by atoms with van der Waals surface area (Å²) in [5.74, 6) is -4.67. The van der Waals surface area contributed by atoms with Gasteiger partial charge in [-0.15, -0.1) is 0 Å². The summed E-state index contributed by atoms with van der Waals surface area (Å²) < 4.78 is 41.3. The van der Waals surface area contributed by atoms with Gasteiger partial charge in [0, 0.05) is 18.0 Å². The van der Waals surface area contributed by atoms with E-state index in [-0.39, 0.29) is 6.54 Å². The normalized spacial score (nSPS) is 10.4. The minimum absolute atomic E-state index is 0.232. The van der Waals surface area contributed by atoms with Crippen molar-refractivity contribution in [2.24, 2.45) is 0 Å². The number of anilines is 1. The number of hydrogen-bond donors (Lipinski definition) is 1. The van der Waals surface area contributed by atoms with Crippen LogP contribution in [-0.4, -0.2) is 15.5 Å². The van der Waals surface area contributed by atoms with Crippen LogP contribution in [0.3, 0.4) is 0 Å². The molecule has 0 spiro atoms. The number of aromatic nitrogens is 2. The molecule has 1 heterocycles. The standard InChI is InChI=1S/C18H11F3N4O/c19-13-4-5-14(17(21)16(13)20)24-15(26)10-25-7-6-23-18(25)12-3-1-2-11(8-12)9-22/h1-8H,10H2,(H,24,26). The zero-order chi connectivity index (χ0) is 18.7. The van der Waals surface area contributed by atoms with E-state index in [1.165, 1.54) is 17.0 Å². The van der Waals surface area contributed by atoms with Gasteiger partial charge in [-0.25, -0.2) is 18.2 Å². The van der Waals surface area contributed by atoms with Gasteiger partial charge in [0.05, 0.1) is 17.3 Å². The third-order valence-electron chi connectivity index (χ3n) is 3.59. The number of imidazole rings is 1. The minimum atomic E-state index is -1.65. The van der Waals surface area contributed by atoms with E-state index in [0.29, 0.717) is 17.0 Å². The van der Waals surface area contributed by atoms with Gasteiger partial charge >= 0.3 is 0 Å². The maximum atomic E-state index is 13.6. The Morgan fingerprint density at radius 3 is 2.77 bits per heavy atom. The first-order chi connectivity index (χ1) is 12.5. The Morgan fingerprint density at radius 1 is 1.19 bits per heavy atom. The summed E-state index contributed by atoms with van der Waals surface area (Å²) in [6, 6.07) is 10.3. The second kappa shape index (κ2) is 7.11. The van der Waals surface area contributed by atoms with Crippen molar-refractivity contribution in [3.8, 4) is 17.5 Å². The number of amides is 1. The highest BCUT2D eigenvalue weighted by atomic mass is 19.2. The Kier molecular flexibility index (Phi) is 4.71. The maximum Gasteiger partial charge on any atom is 0.244 e. The molecule has 0 radical (unpaired) electrons. The van der Waals surface area contributed by atoms with Gasteiger partial charge < -0.3 is 9.88 Å². The predicted octanol–water partition coefficient (Wildman–Crippen LogP) is 3.48. The van der Waals surface area contributed by atoms with E-state index < -0.39 is 29.0 Å². The molecule has 5 nitrogen and oxygen atoms in total. The molecule has 1 aromatic heterocycles. The molecule has 3 rings (SSSR count). The largest absolute Gasteiger partial charge is 0.322 e. The molecule has 0 bridgehead atoms. The van der Waals surface area contributed by atoms with Crippen molar-refractivity contribution in [2.75, 3.05) is 5.32 Å². The lowest BCUT2D eigenvalue weighted by molar-refractivity contribution is -0.116. The lowest BCUT2D eigenvalue weighted by Crippen LogP contribution is -2.20. The number of rotatable bonds is 4. The smallest absolute Gasteiger partial charge is 0.244 e. The lowest BCUT2D eigenvalue weighted by atomic mass is 10.1. The lowest BCUT2D eigenvalue weighted by Gasteiger charge is -2.10. The number of halogens is 3. The Morgan fingerprint density at radius 2 is 2.00 bits per heavy atom. The van der Waals surface area contributed by atoms with Crippen molar-refractivity contribution >= 4 is 11.6 Å². The van der Waals surface area contributed by atoms with Gasteiger partial charge in [-0.1, -0.05) is 12.1 Å². The molecule has 26 heavy (non-hydrogen) atoms. The van der Waals surface area contributed by atoms with Gasteiger partial charge in [-0.05, 0) is 24.3 Å². The molecule has 3 aromatic rings. The van der Waals surface area contributed by atoms with Crippen LogP contribution >= 0.6 is 0 Å². The first-order valence-corrected chi connectivity index (χ1v) is 7.44. The van der Waals surface area contributed by atoms with Crippen LogP contribution in [0.5, 0.6) is 0 Å². The highest BCUT2D eigenvalue weighted by molar-refractivity contribution is 5.91. The number of nitrogens with one attached hydrogen (secondary N) is 1. The summed E-state index contributed by atoms with van der Waals surface area (Å²) in [4.78, 5) is 16.3. The van der Waals surface area contributed by atoms with Crippen LogP contribution in [0.15, 0.2) is 48.8 Å². The Hall–Kier alpha value is -3.60. The molecule has 0 unspecified atom stereocenters. The quantitative estimate of drug-likeness (QED) is 0.728. The second-order valence-corrected chi connectivity index (χ2v) is 5.34. The summed E-state index contributed by atoms with van der Waals surface area (Å²) in [7, 11) is 0. The molecule has 1 N–H and O–H groups in total. The number of hydrogen-bond acceptors (Lipinski definition) is 3. The monoisotopic (exact) mass is 356 g/mol. The minimum Gasteiger partial charge on any atom is -0.322 e. The molecule has 8 heteroatoms. The van der Waals surface area contributed by atoms with Crippen molar-refractivity contribution in [3.05, 3.63) is 71.8 Å². The average Bonchev–Trinajstić information content (AvgIpc) is 3.10. The molecule has 0 aliphatic heterocycles. The highest BCUT2D eigenvalue weighted by Gasteiger charge is 2.16. The number of carbonyl (C=O) groups excluding carboxylic acids is 1. The Labute approximate surface area is 146 Å². The molecule has 0 aliphatic carbocycles. The first kappa shape index (κ1) is 17.2. The van der Waals surface area contributed by atoms with Crippen molar-refractivity contribution in [1.82, 2.24) is 9.55 Å². The van der Waals surface area contributed by atoms with Crippen molar-refractivity contribution in [2.45, 2.75) is 6.54 Å². The van der Waals surface area contributed by atoms with E-state index in [2.05, 4.69) is 10.3 Å². The third kappa shape index (κ3) is 3.42. The van der Waals surface area contributed by atoms with Crippen LogP contribution in [-0.2, 0) is 11.3 Å². The van der Waals surface area contributed by atoms with Crippen molar-refractivity contribution in [3.63, 3.8) is 0 Å². The van der Waals surface area contributed by atoms with Crippen molar-refractivity contribution in [1.29, 1.82) is 5.26 Å². The first-order valence-electron chi connectivity index (χ1n) is 7.44. The molecular weight excluding hydrogens is 345 g/mol. The molecule has 0 atom stereocenters. The van der Waals surface area contributed by atoms with E-state index in [1.807, 2.05) is 6.07 Å². The van der Waals surface area contributed by atoms with E-state index in [0.717, 1.165) is 12.1 Å². The molecule has 0 saturated heterocycles. The molecule has 0 fully saturated rings. The molecule has 130 valence electrons. The van der Waals surface area contributed by atoms with Crippen LogP contribution < -0.4 is 5.32 Å². The summed E-state index contributed by atoms with van der Waals surface area (Å²) in [5, 5.41) is 11.2. The number of nitrogens with zero attached hydrogens (tertiary/aromatic N) is 3. The zero-order valence-electron chi connectivity index (χ0n) is 13.2. The number of carbonyl (C=O) groups is 1. The zero-order valence-corrected chi connectivity index (χ0v) is 13.2. The summed E-state index contributed by atoms with van der Waals surface area (Å²) in [6.07, 6.45) is 3.01. The molecule has 1 amide bonds. The fraction of sp³-hybridized carbons (Fsp3) is 0.0556. The van der Waals surface area contributed by atoms with Crippen LogP contribution in [0.2, 0.25) is 0 Å². The van der Waals surface area contributed by atoms with Crippen LogP contribution in [0.4, 0.5) is 18.9 Å². The average molecular weight is 356 g/mol. The SMILES string of the molecule is N#Cc1cccc(-c2nccn2CC(=O)Nc2ccc(F)c(F)c2F)c1. The molecule has 2 aromatic carbocycles. The predicted molar refractivity (Wildman–Crippen MR) is 87.3 cm³/mol. The molecular formula is C18H11F3N4O. The fourth-order valence-corrected chi connectivity index (χ4v) is 2.39. The van der Waals surface area contributed by atoms with Crippen LogP contribution in [0, 0.1) is 28.8 Å². The van der Waals surface area contributed by atoms with Gasteiger partial charge in [0.2, 0.25) is 5.91 Å². The van der Waals surface area contributed by atoms with Gasteiger partial charge in [0.1, 0.15) is 12.4 Å². The highest BCUT2D eigenvalue weighted by Crippen LogP contribution is 2.21. The summed E-state index contributed by atoms with van der Waals surface area (Å²) in [5.41, 5.74) is 0.605. The second-order valence-electron chi connectivity index (χ2n) is 5.34. The molecule has 0 aliphatic rings. The summed E-state index contributed by atoms with van der Waals surface area (Å²) >= 11 is 0. The van der Waals surface area contributed by atoms with Gasteiger partial charge in [0.15, 0.2) is 17.5 Å². The van der Waals surface area contributed by atoms with Gasteiger partial charge in [-0.3, -0.25) is 4.79 Å².